The predicted octanol–water partition coefficient (Wildman–Crippen LogP) is -3.50. The molecule has 0 unspecified atom stereocenters. The minimum absolute atomic E-state index is 0. The topological polar surface area (TPSA) is 77.9 Å². The number of halogens is 3. The van der Waals surface area contributed by atoms with E-state index in [1.807, 2.05) is 5.10 Å². The van der Waals surface area contributed by atoms with Crippen LogP contribution in [-0.2, 0) is 6.54 Å². The number of hydrogen-bond acceptors (Lipinski definition) is 3. The Labute approximate surface area is 130 Å². The molecule has 0 aromatic carbocycles. The fourth-order valence-electron chi connectivity index (χ4n) is 0.943. The molecule has 9 heteroatoms. The number of aryl methyl sites for hydroxylation is 1. The maximum absolute atomic E-state index is 11.8. The van der Waals surface area contributed by atoms with Gasteiger partial charge in [0.1, 0.15) is 0 Å². The number of rotatable bonds is 3. The van der Waals surface area contributed by atoms with Crippen LogP contribution in [0.5, 0.6) is 0 Å². The van der Waals surface area contributed by atoms with Crippen LogP contribution in [0.25, 0.3) is 0 Å². The predicted molar refractivity (Wildman–Crippen MR) is 40.1 cm³/mol. The molecule has 0 saturated carbocycles. The van der Waals surface area contributed by atoms with Crippen LogP contribution in [0.4, 0.5) is 13.2 Å². The molecule has 0 spiro atoms. The second-order valence-corrected chi connectivity index (χ2v) is 2.81. The first kappa shape index (κ1) is 15.9. The Balaban J connectivity index is 0.00000225. The molecule has 0 bridgehead atoms. The maximum Gasteiger partial charge on any atom is 1.00 e. The molecular formula is C7H6F3KN2O3. The zero-order valence-corrected chi connectivity index (χ0v) is 11.4. The Kier molecular flexibility index (Phi) is 5.97. The monoisotopic (exact) mass is 262 g/mol. The summed E-state index contributed by atoms with van der Waals surface area (Å²) >= 11 is 0. The molecule has 0 radical (unpaired) electrons. The largest absolute Gasteiger partial charge is 1.00 e. The van der Waals surface area contributed by atoms with Gasteiger partial charge in [0.2, 0.25) is 0 Å². The van der Waals surface area contributed by atoms with Crippen LogP contribution in [0.2, 0.25) is 0 Å². The van der Waals surface area contributed by atoms with Crippen LogP contribution < -0.4 is 62.1 Å². The molecule has 16 heavy (non-hydrogen) atoms. The first-order valence-electron chi connectivity index (χ1n) is 3.87. The van der Waals surface area contributed by atoms with Gasteiger partial charge in [-0.15, -0.1) is 0 Å². The van der Waals surface area contributed by atoms with E-state index in [0.29, 0.717) is 10.7 Å². The van der Waals surface area contributed by atoms with Gasteiger partial charge in [-0.2, -0.15) is 13.2 Å². The fourth-order valence-corrected chi connectivity index (χ4v) is 0.943. The molecule has 1 aromatic heterocycles. The van der Waals surface area contributed by atoms with Crippen LogP contribution in [0.15, 0.2) is 10.9 Å². The van der Waals surface area contributed by atoms with Crippen molar-refractivity contribution in [2.24, 2.45) is 0 Å². The number of nitrogens with one attached hydrogen (secondary N) is 1. The van der Waals surface area contributed by atoms with Crippen molar-refractivity contribution in [1.29, 1.82) is 0 Å². The maximum atomic E-state index is 11.8. The SMILES string of the molecule is O=C([O-])c1cc(=O)n(CCC(F)(F)F)[nH]1.[K+]. The summed E-state index contributed by atoms with van der Waals surface area (Å²) in [5.41, 5.74) is -1.37. The number of hydrogen-bond donors (Lipinski definition) is 1. The number of H-pyrrole nitrogens is 1. The molecule has 84 valence electrons. The Bertz CT molecular complexity index is 423. The van der Waals surface area contributed by atoms with E-state index in [4.69, 9.17) is 0 Å². The molecule has 1 N–H and O–H groups in total. The standard InChI is InChI=1S/C7H7F3N2O3.K/c8-7(9,10)1-2-12-5(13)3-4(11-12)6(14)15;/h3,11H,1-2H2,(H,14,15);/q;+1/p-1. The quantitative estimate of drug-likeness (QED) is 0.574. The Hall–Kier alpha value is -0.0936. The molecule has 1 rings (SSSR count). The summed E-state index contributed by atoms with van der Waals surface area (Å²) < 4.78 is 35.9. The molecule has 1 aromatic rings. The third-order valence-electron chi connectivity index (χ3n) is 1.63. The molecule has 0 aliphatic rings. The number of carbonyl (C=O) groups is 1. The van der Waals surface area contributed by atoms with Gasteiger partial charge in [0, 0.05) is 6.07 Å². The Morgan fingerprint density at radius 1 is 1.50 bits per heavy atom. The smallest absolute Gasteiger partial charge is 0.543 e. The van der Waals surface area contributed by atoms with E-state index < -0.39 is 36.4 Å². The molecule has 0 amide bonds. The van der Waals surface area contributed by atoms with Crippen molar-refractivity contribution < 1.29 is 74.5 Å². The molecule has 5 nitrogen and oxygen atoms in total. The number of nitrogens with zero attached hydrogens (tertiary/aromatic N) is 1. The van der Waals surface area contributed by atoms with Crippen molar-refractivity contribution in [1.82, 2.24) is 9.78 Å². The van der Waals surface area contributed by atoms with Gasteiger partial charge < -0.3 is 9.90 Å². The second kappa shape index (κ2) is 6.01. The van der Waals surface area contributed by atoms with Gasteiger partial charge in [-0.1, -0.05) is 0 Å². The average molecular weight is 262 g/mol. The molecule has 1 heterocycles. The number of aromatic amines is 1. The van der Waals surface area contributed by atoms with Gasteiger partial charge in [0.05, 0.1) is 24.6 Å². The summed E-state index contributed by atoms with van der Waals surface area (Å²) in [5.74, 6) is -1.64. The van der Waals surface area contributed by atoms with Crippen molar-refractivity contribution in [3.05, 3.63) is 22.1 Å². The zero-order chi connectivity index (χ0) is 11.6. The first-order valence-corrected chi connectivity index (χ1v) is 3.87. The van der Waals surface area contributed by atoms with Crippen molar-refractivity contribution in [2.75, 3.05) is 0 Å². The molecule has 0 aliphatic carbocycles. The van der Waals surface area contributed by atoms with Crippen molar-refractivity contribution in [2.45, 2.75) is 19.1 Å². The van der Waals surface area contributed by atoms with Crippen molar-refractivity contribution in [3.63, 3.8) is 0 Å². The van der Waals surface area contributed by atoms with Gasteiger partial charge in [-0.05, 0) is 0 Å². The molecule has 0 fully saturated rings. The number of carbonyl (C=O) groups excluding carboxylic acids is 1. The fraction of sp³-hybridized carbons (Fsp3) is 0.429. The van der Waals surface area contributed by atoms with E-state index >= 15 is 0 Å². The van der Waals surface area contributed by atoms with Crippen LogP contribution in [0.1, 0.15) is 16.9 Å². The number of carboxylic acid groups (broad SMARTS) is 1. The second-order valence-electron chi connectivity index (χ2n) is 2.81. The van der Waals surface area contributed by atoms with Gasteiger partial charge in [-0.3, -0.25) is 14.6 Å². The van der Waals surface area contributed by atoms with Crippen molar-refractivity contribution in [3.8, 4) is 0 Å². The van der Waals surface area contributed by atoms with E-state index in [1.54, 1.807) is 0 Å². The minimum Gasteiger partial charge on any atom is -0.543 e. The number of alkyl halides is 3. The van der Waals surface area contributed by atoms with Crippen LogP contribution in [0.3, 0.4) is 0 Å². The molecule has 0 atom stereocenters. The van der Waals surface area contributed by atoms with Crippen LogP contribution in [0, 0.1) is 0 Å². The molecule has 0 saturated heterocycles. The summed E-state index contributed by atoms with van der Waals surface area (Å²) in [6.07, 6.45) is -5.61. The van der Waals surface area contributed by atoms with Crippen molar-refractivity contribution >= 4 is 5.97 Å². The van der Waals surface area contributed by atoms with E-state index in [0.717, 1.165) is 0 Å². The Morgan fingerprint density at radius 2 is 2.06 bits per heavy atom. The number of aromatic nitrogens is 2. The van der Waals surface area contributed by atoms with Gasteiger partial charge in [0.25, 0.3) is 5.56 Å². The van der Waals surface area contributed by atoms with E-state index in [1.165, 1.54) is 0 Å². The number of carboxylic acids is 1. The molecule has 0 aliphatic heterocycles. The summed E-state index contributed by atoms with van der Waals surface area (Å²) in [5, 5.41) is 12.2. The average Bonchev–Trinajstić information content (AvgIpc) is 2.42. The normalized spacial score (nSPS) is 10.9. The van der Waals surface area contributed by atoms with E-state index in [2.05, 4.69) is 0 Å². The zero-order valence-electron chi connectivity index (χ0n) is 8.30. The summed E-state index contributed by atoms with van der Waals surface area (Å²) in [4.78, 5) is 21.2. The molecular weight excluding hydrogens is 256 g/mol. The summed E-state index contributed by atoms with van der Waals surface area (Å²) in [7, 11) is 0. The third kappa shape index (κ3) is 4.83. The van der Waals surface area contributed by atoms with Gasteiger partial charge >= 0.3 is 57.6 Å². The van der Waals surface area contributed by atoms with Gasteiger partial charge in [-0.25, -0.2) is 0 Å². The van der Waals surface area contributed by atoms with E-state index in [-0.39, 0.29) is 51.4 Å². The summed E-state index contributed by atoms with van der Waals surface area (Å²) in [6, 6.07) is 0.672. The minimum atomic E-state index is -4.40. The Morgan fingerprint density at radius 3 is 2.44 bits per heavy atom. The van der Waals surface area contributed by atoms with Crippen LogP contribution in [-0.4, -0.2) is 21.9 Å². The summed E-state index contributed by atoms with van der Waals surface area (Å²) in [6.45, 7) is -0.643. The van der Waals surface area contributed by atoms with Crippen LogP contribution >= 0.6 is 0 Å². The van der Waals surface area contributed by atoms with Gasteiger partial charge in [0.15, 0.2) is 0 Å². The third-order valence-corrected chi connectivity index (χ3v) is 1.63. The number of aromatic carboxylic acids is 1. The van der Waals surface area contributed by atoms with E-state index in [9.17, 15) is 27.9 Å². The first-order chi connectivity index (χ1) is 6.79.